The van der Waals surface area contributed by atoms with Crippen molar-refractivity contribution < 1.29 is 24.1 Å². The third-order valence-electron chi connectivity index (χ3n) is 9.79. The van der Waals surface area contributed by atoms with Crippen LogP contribution in [0.1, 0.15) is 58.8 Å². The summed E-state index contributed by atoms with van der Waals surface area (Å²) >= 11 is 0. The lowest BCUT2D eigenvalue weighted by Gasteiger charge is -2.49. The number of alkyl halides is 1. The number of aliphatic hydroxyl groups excluding tert-OH is 2. The summed E-state index contributed by atoms with van der Waals surface area (Å²) in [5, 5.41) is 34.0. The number of halogens is 1. The molecule has 0 aromatic heterocycles. The number of likely N-dealkylation sites (N-methyl/N-ethyl adjacent to an activating group) is 1. The Balaban J connectivity index is 1.17. The fraction of sp³-hybridized carbons (Fsp3) is 0.964. The third kappa shape index (κ3) is 7.86. The van der Waals surface area contributed by atoms with Gasteiger partial charge < -0.3 is 35.8 Å². The van der Waals surface area contributed by atoms with Crippen LogP contribution in [0.3, 0.4) is 0 Å². The highest BCUT2D eigenvalue weighted by Crippen LogP contribution is 2.43. The standard InChI is InChI=1S/C28H52FN5O4/c1-17-22-8-10-34(15-23(22)24(29)12-26(17)38-16-25(36)18(2)30-3)14-21(35)13-32-28(37)19-7-9-31-27(11-19)33-20-5-4-6-20/h17-27,30-31,33,35-36H,4-16H2,1-3H3,(H,32,37)/t17?,18?,19?,21-,22?,23?,24?,25?,26?,27?/m0/s1. The number of hydrogen-bond acceptors (Lipinski definition) is 8. The number of hydrogen-bond donors (Lipinski definition) is 6. The number of ether oxygens (including phenoxy) is 1. The fourth-order valence-corrected chi connectivity index (χ4v) is 6.80. The first-order valence-corrected chi connectivity index (χ1v) is 15.0. The highest BCUT2D eigenvalue weighted by atomic mass is 19.1. The van der Waals surface area contributed by atoms with Crippen LogP contribution < -0.4 is 21.3 Å². The van der Waals surface area contributed by atoms with Gasteiger partial charge in [0.1, 0.15) is 6.17 Å². The second kappa shape index (κ2) is 14.1. The average molecular weight is 542 g/mol. The zero-order valence-corrected chi connectivity index (χ0v) is 23.6. The SMILES string of the molecule is CNC(C)C(O)COC1CC(F)C2CN(C[C@@H](O)CNC(=O)C3CCNC(NC4CCC4)C3)CCC2C1C. The molecular weight excluding hydrogens is 489 g/mol. The summed E-state index contributed by atoms with van der Waals surface area (Å²) in [5.74, 6) is 0.372. The van der Waals surface area contributed by atoms with E-state index in [9.17, 15) is 15.0 Å². The topological polar surface area (TPSA) is 118 Å². The molecule has 0 spiro atoms. The molecule has 9 unspecified atom stereocenters. The lowest BCUT2D eigenvalue weighted by Crippen LogP contribution is -2.55. The predicted octanol–water partition coefficient (Wildman–Crippen LogP) is 0.601. The molecule has 1 amide bonds. The molecule has 4 rings (SSSR count). The van der Waals surface area contributed by atoms with Crippen molar-refractivity contribution in [3.8, 4) is 0 Å². The minimum absolute atomic E-state index is 0.0230. The normalized spacial score (nSPS) is 37.1. The van der Waals surface area contributed by atoms with Crippen molar-refractivity contribution in [3.05, 3.63) is 0 Å². The van der Waals surface area contributed by atoms with Crippen molar-refractivity contribution in [2.45, 2.75) is 102 Å². The molecule has 2 aliphatic carbocycles. The molecule has 220 valence electrons. The second-order valence-electron chi connectivity index (χ2n) is 12.4. The molecule has 10 heteroatoms. The molecule has 38 heavy (non-hydrogen) atoms. The molecule has 4 aliphatic rings. The summed E-state index contributed by atoms with van der Waals surface area (Å²) in [6.45, 7) is 7.18. The lowest BCUT2D eigenvalue weighted by molar-refractivity contribution is -0.127. The first-order chi connectivity index (χ1) is 18.2. The molecule has 2 aliphatic heterocycles. The first-order valence-electron chi connectivity index (χ1n) is 15.0. The monoisotopic (exact) mass is 541 g/mol. The summed E-state index contributed by atoms with van der Waals surface area (Å²) in [4.78, 5) is 14.9. The van der Waals surface area contributed by atoms with E-state index < -0.39 is 18.4 Å². The number of nitrogens with one attached hydrogen (secondary N) is 4. The van der Waals surface area contributed by atoms with E-state index >= 15 is 4.39 Å². The average Bonchev–Trinajstić information content (AvgIpc) is 2.90. The Kier molecular flexibility index (Phi) is 11.2. The molecule has 0 radical (unpaired) electrons. The third-order valence-corrected chi connectivity index (χ3v) is 9.79. The van der Waals surface area contributed by atoms with Gasteiger partial charge in [0.25, 0.3) is 0 Å². The van der Waals surface area contributed by atoms with Gasteiger partial charge in [0.05, 0.1) is 31.1 Å². The number of fused-ring (bicyclic) bond motifs is 1. The number of rotatable bonds is 12. The van der Waals surface area contributed by atoms with Crippen molar-refractivity contribution in [2.24, 2.45) is 23.7 Å². The lowest BCUT2D eigenvalue weighted by atomic mass is 9.67. The van der Waals surface area contributed by atoms with E-state index in [-0.39, 0.29) is 61.0 Å². The molecule has 6 N–H and O–H groups in total. The van der Waals surface area contributed by atoms with Crippen molar-refractivity contribution >= 4 is 5.91 Å². The molecular formula is C28H52FN5O4. The Morgan fingerprint density at radius 1 is 1.18 bits per heavy atom. The Labute approximate surface area is 228 Å². The maximum absolute atomic E-state index is 15.3. The molecule has 0 aromatic rings. The summed E-state index contributed by atoms with van der Waals surface area (Å²) in [6, 6.07) is 0.502. The van der Waals surface area contributed by atoms with Crippen LogP contribution in [-0.2, 0) is 9.53 Å². The number of β-amino-alcohol motifs (C(OH)–C–C–N with tert-alkyl or cyclic N) is 1. The van der Waals surface area contributed by atoms with Crippen LogP contribution in [0.15, 0.2) is 0 Å². The number of carbonyl (C=O) groups is 1. The van der Waals surface area contributed by atoms with Crippen LogP contribution in [0.2, 0.25) is 0 Å². The second-order valence-corrected chi connectivity index (χ2v) is 12.4. The predicted molar refractivity (Wildman–Crippen MR) is 145 cm³/mol. The smallest absolute Gasteiger partial charge is 0.223 e. The van der Waals surface area contributed by atoms with Crippen LogP contribution >= 0.6 is 0 Å². The highest BCUT2D eigenvalue weighted by molar-refractivity contribution is 5.78. The molecule has 10 atom stereocenters. The number of nitrogens with zero attached hydrogens (tertiary/aromatic N) is 1. The van der Waals surface area contributed by atoms with Gasteiger partial charge in [-0.25, -0.2) is 4.39 Å². The molecule has 2 saturated carbocycles. The van der Waals surface area contributed by atoms with Crippen LogP contribution in [-0.4, -0.2) is 110 Å². The quantitative estimate of drug-likeness (QED) is 0.213. The summed E-state index contributed by atoms with van der Waals surface area (Å²) in [6.07, 6.45) is 4.28. The van der Waals surface area contributed by atoms with E-state index in [0.29, 0.717) is 25.6 Å². The highest BCUT2D eigenvalue weighted by Gasteiger charge is 2.46. The van der Waals surface area contributed by atoms with Crippen LogP contribution in [0, 0.1) is 23.7 Å². The van der Waals surface area contributed by atoms with Crippen molar-refractivity contribution in [2.75, 3.05) is 46.4 Å². The summed E-state index contributed by atoms with van der Waals surface area (Å²) < 4.78 is 21.3. The number of amides is 1. The molecule has 2 saturated heterocycles. The van der Waals surface area contributed by atoms with Gasteiger partial charge >= 0.3 is 0 Å². The zero-order valence-electron chi connectivity index (χ0n) is 23.6. The Hall–Kier alpha value is -0.880. The van der Waals surface area contributed by atoms with Crippen molar-refractivity contribution in [3.63, 3.8) is 0 Å². The van der Waals surface area contributed by atoms with E-state index in [1.165, 1.54) is 19.3 Å². The molecule has 9 nitrogen and oxygen atoms in total. The molecule has 4 fully saturated rings. The van der Waals surface area contributed by atoms with Gasteiger partial charge in [0.15, 0.2) is 0 Å². The number of carbonyl (C=O) groups excluding carboxylic acids is 1. The van der Waals surface area contributed by atoms with Crippen molar-refractivity contribution in [1.29, 1.82) is 0 Å². The summed E-state index contributed by atoms with van der Waals surface area (Å²) in [5.41, 5.74) is 0. The van der Waals surface area contributed by atoms with E-state index in [0.717, 1.165) is 32.4 Å². The fourth-order valence-electron chi connectivity index (χ4n) is 6.80. The number of piperidine rings is 2. The van der Waals surface area contributed by atoms with E-state index in [1.54, 1.807) is 7.05 Å². The number of likely N-dealkylation sites (tertiary alicyclic amines) is 1. The largest absolute Gasteiger partial charge is 0.390 e. The van der Waals surface area contributed by atoms with Gasteiger partial charge in [-0.15, -0.1) is 0 Å². The Morgan fingerprint density at radius 2 is 1.97 bits per heavy atom. The maximum Gasteiger partial charge on any atom is 0.223 e. The van der Waals surface area contributed by atoms with E-state index in [4.69, 9.17) is 4.74 Å². The van der Waals surface area contributed by atoms with Gasteiger partial charge in [-0.05, 0) is 71.0 Å². The van der Waals surface area contributed by atoms with Gasteiger partial charge in [0.2, 0.25) is 5.91 Å². The minimum atomic E-state index is -0.957. The maximum atomic E-state index is 15.3. The molecule has 0 bridgehead atoms. The summed E-state index contributed by atoms with van der Waals surface area (Å²) in [7, 11) is 1.80. The Bertz CT molecular complexity index is 746. The van der Waals surface area contributed by atoms with Gasteiger partial charge in [-0.2, -0.15) is 0 Å². The Morgan fingerprint density at radius 3 is 2.68 bits per heavy atom. The minimum Gasteiger partial charge on any atom is -0.390 e. The van der Waals surface area contributed by atoms with Gasteiger partial charge in [-0.3, -0.25) is 10.1 Å². The molecule has 2 heterocycles. The van der Waals surface area contributed by atoms with Crippen LogP contribution in [0.25, 0.3) is 0 Å². The number of aliphatic hydroxyl groups is 2. The van der Waals surface area contributed by atoms with Gasteiger partial charge in [-0.1, -0.05) is 13.3 Å². The molecule has 0 aromatic carbocycles. The van der Waals surface area contributed by atoms with Crippen molar-refractivity contribution in [1.82, 2.24) is 26.2 Å². The zero-order chi connectivity index (χ0) is 27.2. The van der Waals surface area contributed by atoms with Crippen LogP contribution in [0.5, 0.6) is 0 Å². The van der Waals surface area contributed by atoms with E-state index in [1.807, 2.05) is 6.92 Å². The van der Waals surface area contributed by atoms with E-state index in [2.05, 4.69) is 33.1 Å². The van der Waals surface area contributed by atoms with Gasteiger partial charge in [0, 0.05) is 50.0 Å². The first kappa shape index (κ1) is 30.1. The van der Waals surface area contributed by atoms with Crippen LogP contribution in [0.4, 0.5) is 4.39 Å².